The van der Waals surface area contributed by atoms with Gasteiger partial charge in [-0.1, -0.05) is 13.8 Å². The number of aromatic nitrogens is 3. The van der Waals surface area contributed by atoms with Crippen molar-refractivity contribution in [2.75, 3.05) is 6.54 Å². The van der Waals surface area contributed by atoms with E-state index in [4.69, 9.17) is 0 Å². The third-order valence-corrected chi connectivity index (χ3v) is 2.64. The Kier molecular flexibility index (Phi) is 4.75. The molecule has 0 bridgehead atoms. The second kappa shape index (κ2) is 5.85. The van der Waals surface area contributed by atoms with Gasteiger partial charge in [0.05, 0.1) is 0 Å². The molecule has 0 radical (unpaired) electrons. The first-order valence-electron chi connectivity index (χ1n) is 5.69. The normalized spacial score (nSPS) is 15.2. The molecule has 1 aromatic rings. The standard InChI is InChI=1S/C11H22N4/c1-5-12-10(3)6-9(2)7-11-13-8-14-15(11)4/h8-10,12H,5-7H2,1-4H3. The topological polar surface area (TPSA) is 42.7 Å². The molecule has 0 aliphatic heterocycles. The van der Waals surface area contributed by atoms with Crippen LogP contribution >= 0.6 is 0 Å². The fraction of sp³-hybridized carbons (Fsp3) is 0.818. The minimum Gasteiger partial charge on any atom is -0.315 e. The SMILES string of the molecule is CCNC(C)CC(C)Cc1ncnn1C. The Hall–Kier alpha value is -0.900. The molecule has 0 saturated carbocycles. The van der Waals surface area contributed by atoms with Crippen molar-refractivity contribution in [3.05, 3.63) is 12.2 Å². The zero-order chi connectivity index (χ0) is 11.3. The molecule has 0 spiro atoms. The van der Waals surface area contributed by atoms with Crippen LogP contribution in [0.5, 0.6) is 0 Å². The maximum Gasteiger partial charge on any atom is 0.138 e. The largest absolute Gasteiger partial charge is 0.315 e. The average molecular weight is 210 g/mol. The zero-order valence-electron chi connectivity index (χ0n) is 10.2. The number of rotatable bonds is 6. The van der Waals surface area contributed by atoms with E-state index in [0.717, 1.165) is 18.8 Å². The molecule has 2 unspecified atom stereocenters. The van der Waals surface area contributed by atoms with E-state index < -0.39 is 0 Å². The van der Waals surface area contributed by atoms with Crippen molar-refractivity contribution in [1.82, 2.24) is 20.1 Å². The highest BCUT2D eigenvalue weighted by molar-refractivity contribution is 4.86. The third-order valence-electron chi connectivity index (χ3n) is 2.64. The minimum absolute atomic E-state index is 0.582. The summed E-state index contributed by atoms with van der Waals surface area (Å²) in [6.45, 7) is 7.68. The quantitative estimate of drug-likeness (QED) is 0.771. The summed E-state index contributed by atoms with van der Waals surface area (Å²) in [6, 6.07) is 0.582. The highest BCUT2D eigenvalue weighted by atomic mass is 15.3. The maximum atomic E-state index is 4.24. The van der Waals surface area contributed by atoms with Gasteiger partial charge < -0.3 is 5.32 Å². The lowest BCUT2D eigenvalue weighted by atomic mass is 9.99. The van der Waals surface area contributed by atoms with Gasteiger partial charge >= 0.3 is 0 Å². The predicted octanol–water partition coefficient (Wildman–Crippen LogP) is 1.38. The monoisotopic (exact) mass is 210 g/mol. The summed E-state index contributed by atoms with van der Waals surface area (Å²) in [4.78, 5) is 4.24. The number of hydrogen-bond donors (Lipinski definition) is 1. The molecule has 1 N–H and O–H groups in total. The van der Waals surface area contributed by atoms with Gasteiger partial charge in [-0.3, -0.25) is 4.68 Å². The van der Waals surface area contributed by atoms with Gasteiger partial charge in [-0.2, -0.15) is 5.10 Å². The van der Waals surface area contributed by atoms with Crippen LogP contribution in [-0.4, -0.2) is 27.4 Å². The fourth-order valence-corrected chi connectivity index (χ4v) is 1.94. The lowest BCUT2D eigenvalue weighted by Crippen LogP contribution is -2.28. The number of hydrogen-bond acceptors (Lipinski definition) is 3. The van der Waals surface area contributed by atoms with Crippen LogP contribution in [0, 0.1) is 5.92 Å². The van der Waals surface area contributed by atoms with E-state index in [1.54, 1.807) is 6.33 Å². The molecule has 0 aromatic carbocycles. The molecule has 0 aliphatic rings. The lowest BCUT2D eigenvalue weighted by molar-refractivity contribution is 0.416. The van der Waals surface area contributed by atoms with Gasteiger partial charge in [0.15, 0.2) is 0 Å². The Morgan fingerprint density at radius 3 is 2.73 bits per heavy atom. The molecule has 1 rings (SSSR count). The smallest absolute Gasteiger partial charge is 0.138 e. The van der Waals surface area contributed by atoms with Crippen molar-refractivity contribution < 1.29 is 0 Å². The molecule has 1 aromatic heterocycles. The highest BCUT2D eigenvalue weighted by Crippen LogP contribution is 2.11. The van der Waals surface area contributed by atoms with E-state index in [-0.39, 0.29) is 0 Å². The van der Waals surface area contributed by atoms with Crippen molar-refractivity contribution in [3.8, 4) is 0 Å². The van der Waals surface area contributed by atoms with Gasteiger partial charge in [0.25, 0.3) is 0 Å². The van der Waals surface area contributed by atoms with Gasteiger partial charge in [0, 0.05) is 19.5 Å². The van der Waals surface area contributed by atoms with Crippen molar-refractivity contribution in [1.29, 1.82) is 0 Å². The van der Waals surface area contributed by atoms with E-state index in [9.17, 15) is 0 Å². The van der Waals surface area contributed by atoms with Crippen molar-refractivity contribution in [2.24, 2.45) is 13.0 Å². The summed E-state index contributed by atoms with van der Waals surface area (Å²) in [5, 5.41) is 7.50. The van der Waals surface area contributed by atoms with Gasteiger partial charge in [0.1, 0.15) is 12.2 Å². The van der Waals surface area contributed by atoms with E-state index in [0.29, 0.717) is 12.0 Å². The Balaban J connectivity index is 2.36. The average Bonchev–Trinajstić information content (AvgIpc) is 2.52. The third kappa shape index (κ3) is 4.00. The van der Waals surface area contributed by atoms with Crippen LogP contribution in [0.3, 0.4) is 0 Å². The first-order chi connectivity index (χ1) is 7.13. The van der Waals surface area contributed by atoms with Gasteiger partial charge in [0.2, 0.25) is 0 Å². The Labute approximate surface area is 92.1 Å². The fourth-order valence-electron chi connectivity index (χ4n) is 1.94. The van der Waals surface area contributed by atoms with E-state index >= 15 is 0 Å². The summed E-state index contributed by atoms with van der Waals surface area (Å²) in [5.41, 5.74) is 0. The summed E-state index contributed by atoms with van der Waals surface area (Å²) < 4.78 is 1.86. The summed E-state index contributed by atoms with van der Waals surface area (Å²) >= 11 is 0. The zero-order valence-corrected chi connectivity index (χ0v) is 10.2. The number of nitrogens with zero attached hydrogens (tertiary/aromatic N) is 3. The van der Waals surface area contributed by atoms with Crippen LogP contribution < -0.4 is 5.32 Å². The Morgan fingerprint density at radius 1 is 1.47 bits per heavy atom. The maximum absolute atomic E-state index is 4.24. The van der Waals surface area contributed by atoms with Gasteiger partial charge in [-0.05, 0) is 25.8 Å². The second-order valence-electron chi connectivity index (χ2n) is 4.30. The van der Waals surface area contributed by atoms with Gasteiger partial charge in [-0.25, -0.2) is 4.98 Å². The summed E-state index contributed by atoms with van der Waals surface area (Å²) in [7, 11) is 1.95. The number of aryl methyl sites for hydroxylation is 1. The predicted molar refractivity (Wildman–Crippen MR) is 61.6 cm³/mol. The van der Waals surface area contributed by atoms with Crippen LogP contribution in [0.25, 0.3) is 0 Å². The first-order valence-corrected chi connectivity index (χ1v) is 5.69. The van der Waals surface area contributed by atoms with E-state index in [1.807, 2.05) is 11.7 Å². The molecule has 4 nitrogen and oxygen atoms in total. The molecule has 0 amide bonds. The lowest BCUT2D eigenvalue weighted by Gasteiger charge is -2.17. The van der Waals surface area contributed by atoms with Gasteiger partial charge in [-0.15, -0.1) is 0 Å². The van der Waals surface area contributed by atoms with Crippen molar-refractivity contribution in [2.45, 2.75) is 39.7 Å². The van der Waals surface area contributed by atoms with Crippen LogP contribution in [0.1, 0.15) is 33.0 Å². The Bertz CT molecular complexity index is 282. The van der Waals surface area contributed by atoms with Crippen molar-refractivity contribution >= 4 is 0 Å². The molecular formula is C11H22N4. The molecule has 4 heteroatoms. The molecule has 15 heavy (non-hydrogen) atoms. The molecule has 0 saturated heterocycles. The molecule has 0 aliphatic carbocycles. The Morgan fingerprint density at radius 2 is 2.20 bits per heavy atom. The summed E-state index contributed by atoms with van der Waals surface area (Å²) in [6.07, 6.45) is 3.81. The first kappa shape index (κ1) is 12.2. The molecule has 2 atom stereocenters. The second-order valence-corrected chi connectivity index (χ2v) is 4.30. The molecule has 0 fully saturated rings. The molecule has 86 valence electrons. The molecular weight excluding hydrogens is 188 g/mol. The highest BCUT2D eigenvalue weighted by Gasteiger charge is 2.11. The van der Waals surface area contributed by atoms with Crippen LogP contribution in [0.15, 0.2) is 6.33 Å². The minimum atomic E-state index is 0.582. The van der Waals surface area contributed by atoms with Crippen LogP contribution in [-0.2, 0) is 13.5 Å². The van der Waals surface area contributed by atoms with E-state index in [2.05, 4.69) is 36.2 Å². The van der Waals surface area contributed by atoms with Crippen molar-refractivity contribution in [3.63, 3.8) is 0 Å². The number of nitrogens with one attached hydrogen (secondary N) is 1. The van der Waals surface area contributed by atoms with Crippen LogP contribution in [0.4, 0.5) is 0 Å². The summed E-state index contributed by atoms with van der Waals surface area (Å²) in [5.74, 6) is 1.72. The van der Waals surface area contributed by atoms with E-state index in [1.165, 1.54) is 6.42 Å². The molecule has 1 heterocycles. The van der Waals surface area contributed by atoms with Crippen LogP contribution in [0.2, 0.25) is 0 Å².